The number of hydrogen-bond acceptors (Lipinski definition) is 2. The predicted molar refractivity (Wildman–Crippen MR) is 70.0 cm³/mol. The second kappa shape index (κ2) is 5.28. The third kappa shape index (κ3) is 2.63. The van der Waals surface area contributed by atoms with Crippen LogP contribution in [0.4, 0.5) is 4.39 Å². The lowest BCUT2D eigenvalue weighted by atomic mass is 9.85. The molecule has 0 radical (unpaired) electrons. The molecule has 1 saturated heterocycles. The van der Waals surface area contributed by atoms with Crippen molar-refractivity contribution in [1.82, 2.24) is 4.90 Å². The van der Waals surface area contributed by atoms with Gasteiger partial charge in [0.25, 0.3) is 0 Å². The highest BCUT2D eigenvalue weighted by molar-refractivity contribution is 9.10. The molecule has 1 amide bonds. The van der Waals surface area contributed by atoms with Crippen LogP contribution < -0.4 is 0 Å². The minimum atomic E-state index is -0.940. The molecule has 4 nitrogen and oxygen atoms in total. The Morgan fingerprint density at radius 2 is 2.21 bits per heavy atom. The molecular weight excluding hydrogens is 317 g/mol. The van der Waals surface area contributed by atoms with Crippen LogP contribution in [0.15, 0.2) is 22.7 Å². The third-order valence-corrected chi connectivity index (χ3v) is 4.07. The van der Waals surface area contributed by atoms with E-state index in [1.54, 1.807) is 7.05 Å². The van der Waals surface area contributed by atoms with Crippen LogP contribution in [0.3, 0.4) is 0 Å². The number of rotatable bonds is 2. The number of benzene rings is 1. The summed E-state index contributed by atoms with van der Waals surface area (Å²) in [5.41, 5.74) is 0.622. The maximum atomic E-state index is 13.3. The first-order valence-electron chi connectivity index (χ1n) is 5.85. The molecule has 0 bridgehead atoms. The van der Waals surface area contributed by atoms with Gasteiger partial charge >= 0.3 is 5.97 Å². The Labute approximate surface area is 118 Å². The van der Waals surface area contributed by atoms with E-state index < -0.39 is 23.7 Å². The number of hydrogen-bond donors (Lipinski definition) is 1. The van der Waals surface area contributed by atoms with Gasteiger partial charge in [0.15, 0.2) is 0 Å². The van der Waals surface area contributed by atoms with Gasteiger partial charge in [-0.15, -0.1) is 0 Å². The molecule has 1 aliphatic rings. The molecule has 0 spiro atoms. The fourth-order valence-corrected chi connectivity index (χ4v) is 2.85. The predicted octanol–water partition coefficient (Wildman–Crippen LogP) is 2.58. The van der Waals surface area contributed by atoms with E-state index >= 15 is 0 Å². The van der Waals surface area contributed by atoms with E-state index in [-0.39, 0.29) is 16.8 Å². The van der Waals surface area contributed by atoms with Gasteiger partial charge in [-0.1, -0.05) is 6.07 Å². The van der Waals surface area contributed by atoms with Gasteiger partial charge in [0.1, 0.15) is 5.82 Å². The van der Waals surface area contributed by atoms with E-state index in [1.165, 1.54) is 23.1 Å². The molecule has 2 atom stereocenters. The highest BCUT2D eigenvalue weighted by Gasteiger charge is 2.38. The highest BCUT2D eigenvalue weighted by atomic mass is 79.9. The number of aliphatic carboxylic acids is 1. The number of piperidine rings is 1. The summed E-state index contributed by atoms with van der Waals surface area (Å²) in [6.07, 6.45) is 0.532. The molecule has 1 N–H and O–H groups in total. The van der Waals surface area contributed by atoms with Gasteiger partial charge in [-0.05, 0) is 40.0 Å². The quantitative estimate of drug-likeness (QED) is 0.907. The monoisotopic (exact) mass is 329 g/mol. The molecule has 2 unspecified atom stereocenters. The molecule has 0 aliphatic carbocycles. The molecule has 0 aromatic heterocycles. The number of halogens is 2. The van der Waals surface area contributed by atoms with Crippen LogP contribution in [-0.4, -0.2) is 28.9 Å². The first kappa shape index (κ1) is 14.0. The van der Waals surface area contributed by atoms with Gasteiger partial charge in [0, 0.05) is 13.5 Å². The Morgan fingerprint density at radius 1 is 1.53 bits per heavy atom. The Kier molecular flexibility index (Phi) is 3.89. The molecular formula is C13H13BrFNO3. The van der Waals surface area contributed by atoms with Gasteiger partial charge in [0.2, 0.25) is 5.91 Å². The van der Waals surface area contributed by atoms with E-state index in [0.29, 0.717) is 12.0 Å². The largest absolute Gasteiger partial charge is 0.481 e. The third-order valence-electron chi connectivity index (χ3n) is 3.46. The summed E-state index contributed by atoms with van der Waals surface area (Å²) in [5, 5.41) is 9.27. The molecule has 6 heteroatoms. The Bertz CT molecular complexity index is 535. The summed E-state index contributed by atoms with van der Waals surface area (Å²) < 4.78 is 13.5. The standard InChI is InChI=1S/C13H13BrFNO3/c1-16-11(17)5-3-8(13(18)19)12(16)7-2-4-10(15)9(14)6-7/h2,4,6,8,12H,3,5H2,1H3,(H,18,19). The number of carboxylic acid groups (broad SMARTS) is 1. The second-order valence-corrected chi connectivity index (χ2v) is 5.46. The summed E-state index contributed by atoms with van der Waals surface area (Å²) in [6, 6.07) is 3.77. The van der Waals surface area contributed by atoms with Crippen LogP contribution in [0.1, 0.15) is 24.4 Å². The van der Waals surface area contributed by atoms with Crippen molar-refractivity contribution >= 4 is 27.8 Å². The van der Waals surface area contributed by atoms with Gasteiger partial charge in [-0.3, -0.25) is 9.59 Å². The molecule has 1 fully saturated rings. The summed E-state index contributed by atoms with van der Waals surface area (Å²) in [5.74, 6) is -2.12. The Morgan fingerprint density at radius 3 is 2.79 bits per heavy atom. The SMILES string of the molecule is CN1C(=O)CCC(C(=O)O)C1c1ccc(F)c(Br)c1. The second-order valence-electron chi connectivity index (χ2n) is 4.61. The first-order chi connectivity index (χ1) is 8.91. The van der Waals surface area contributed by atoms with Crippen molar-refractivity contribution in [1.29, 1.82) is 0 Å². The first-order valence-corrected chi connectivity index (χ1v) is 6.64. The van der Waals surface area contributed by atoms with Crippen molar-refractivity contribution in [3.63, 3.8) is 0 Å². The van der Waals surface area contributed by atoms with Crippen LogP contribution >= 0.6 is 15.9 Å². The fourth-order valence-electron chi connectivity index (χ4n) is 2.45. The summed E-state index contributed by atoms with van der Waals surface area (Å²) >= 11 is 3.08. The number of carboxylic acids is 1. The van der Waals surface area contributed by atoms with Crippen molar-refractivity contribution in [3.8, 4) is 0 Å². The Hall–Kier alpha value is -1.43. The zero-order valence-corrected chi connectivity index (χ0v) is 11.9. The average molecular weight is 330 g/mol. The van der Waals surface area contributed by atoms with Crippen LogP contribution in [0.5, 0.6) is 0 Å². The molecule has 2 rings (SSSR count). The molecule has 1 heterocycles. The number of likely N-dealkylation sites (tertiary alicyclic amines) is 1. The lowest BCUT2D eigenvalue weighted by Crippen LogP contribution is -2.43. The summed E-state index contributed by atoms with van der Waals surface area (Å²) in [6.45, 7) is 0. The lowest BCUT2D eigenvalue weighted by molar-refractivity contribution is -0.150. The molecule has 1 aromatic carbocycles. The number of amides is 1. The van der Waals surface area contributed by atoms with Gasteiger partial charge in [-0.2, -0.15) is 0 Å². The maximum absolute atomic E-state index is 13.3. The lowest BCUT2D eigenvalue weighted by Gasteiger charge is -2.37. The van der Waals surface area contributed by atoms with Crippen molar-refractivity contribution in [3.05, 3.63) is 34.1 Å². The minimum absolute atomic E-state index is 0.0945. The van der Waals surface area contributed by atoms with E-state index in [2.05, 4.69) is 15.9 Å². The van der Waals surface area contributed by atoms with Crippen LogP contribution in [0, 0.1) is 11.7 Å². The normalized spacial score (nSPS) is 23.5. The van der Waals surface area contributed by atoms with E-state index in [4.69, 9.17) is 0 Å². The van der Waals surface area contributed by atoms with Gasteiger partial charge in [0.05, 0.1) is 16.4 Å². The summed E-state index contributed by atoms with van der Waals surface area (Å²) in [7, 11) is 1.58. The number of carbonyl (C=O) groups is 2. The van der Waals surface area contributed by atoms with Crippen molar-refractivity contribution in [2.75, 3.05) is 7.05 Å². The number of carbonyl (C=O) groups excluding carboxylic acids is 1. The maximum Gasteiger partial charge on any atom is 0.308 e. The van der Waals surface area contributed by atoms with Gasteiger partial charge in [-0.25, -0.2) is 4.39 Å². The van der Waals surface area contributed by atoms with E-state index in [0.717, 1.165) is 0 Å². The zero-order valence-electron chi connectivity index (χ0n) is 10.3. The number of nitrogens with zero attached hydrogens (tertiary/aromatic N) is 1. The van der Waals surface area contributed by atoms with Crippen molar-refractivity contribution in [2.45, 2.75) is 18.9 Å². The van der Waals surface area contributed by atoms with Crippen LogP contribution in [0.2, 0.25) is 0 Å². The van der Waals surface area contributed by atoms with Gasteiger partial charge < -0.3 is 10.0 Å². The molecule has 102 valence electrons. The van der Waals surface area contributed by atoms with Crippen molar-refractivity contribution < 1.29 is 19.1 Å². The summed E-state index contributed by atoms with van der Waals surface area (Å²) in [4.78, 5) is 24.5. The zero-order chi connectivity index (χ0) is 14.2. The van der Waals surface area contributed by atoms with E-state index in [1.807, 2.05) is 0 Å². The average Bonchev–Trinajstić information content (AvgIpc) is 2.35. The van der Waals surface area contributed by atoms with Crippen molar-refractivity contribution in [2.24, 2.45) is 5.92 Å². The van der Waals surface area contributed by atoms with E-state index in [9.17, 15) is 19.1 Å². The van der Waals surface area contributed by atoms with Crippen LogP contribution in [-0.2, 0) is 9.59 Å². The molecule has 1 aliphatic heterocycles. The molecule has 1 aromatic rings. The topological polar surface area (TPSA) is 57.6 Å². The molecule has 19 heavy (non-hydrogen) atoms. The highest BCUT2D eigenvalue weighted by Crippen LogP contribution is 2.37. The molecule has 0 saturated carbocycles. The minimum Gasteiger partial charge on any atom is -0.481 e. The Balaban J connectivity index is 2.43. The smallest absolute Gasteiger partial charge is 0.308 e. The van der Waals surface area contributed by atoms with Crippen LogP contribution in [0.25, 0.3) is 0 Å². The fraction of sp³-hybridized carbons (Fsp3) is 0.385.